The Morgan fingerprint density at radius 2 is 2.11 bits per heavy atom. The third kappa shape index (κ3) is 4.47. The SMILES string of the molecule is CCCC(C)NC(=O)C(C)Oc1cccc(N)c1C. The Labute approximate surface area is 115 Å². The number of hydrogen-bond acceptors (Lipinski definition) is 3. The molecular weight excluding hydrogens is 240 g/mol. The van der Waals surface area contributed by atoms with Crippen LogP contribution >= 0.6 is 0 Å². The third-order valence-electron chi connectivity index (χ3n) is 3.11. The van der Waals surface area contributed by atoms with E-state index in [0.717, 1.165) is 18.4 Å². The highest BCUT2D eigenvalue weighted by Crippen LogP contribution is 2.23. The summed E-state index contributed by atoms with van der Waals surface area (Å²) in [6.07, 6.45) is 1.49. The Morgan fingerprint density at radius 3 is 2.74 bits per heavy atom. The summed E-state index contributed by atoms with van der Waals surface area (Å²) >= 11 is 0. The number of amides is 1. The second-order valence-electron chi connectivity index (χ2n) is 4.93. The smallest absolute Gasteiger partial charge is 0.260 e. The van der Waals surface area contributed by atoms with Gasteiger partial charge in [-0.2, -0.15) is 0 Å². The fourth-order valence-electron chi connectivity index (χ4n) is 1.87. The van der Waals surface area contributed by atoms with Gasteiger partial charge in [-0.3, -0.25) is 4.79 Å². The maximum atomic E-state index is 12.0. The predicted molar refractivity (Wildman–Crippen MR) is 78.2 cm³/mol. The number of ether oxygens (including phenoxy) is 1. The van der Waals surface area contributed by atoms with Crippen LogP contribution in [0.1, 0.15) is 39.2 Å². The average Bonchev–Trinajstić information content (AvgIpc) is 2.35. The molecule has 0 radical (unpaired) electrons. The van der Waals surface area contributed by atoms with Crippen LogP contribution in [-0.4, -0.2) is 18.1 Å². The number of hydrogen-bond donors (Lipinski definition) is 2. The van der Waals surface area contributed by atoms with Gasteiger partial charge in [-0.1, -0.05) is 19.4 Å². The maximum Gasteiger partial charge on any atom is 0.260 e. The molecule has 19 heavy (non-hydrogen) atoms. The zero-order valence-corrected chi connectivity index (χ0v) is 12.2. The third-order valence-corrected chi connectivity index (χ3v) is 3.11. The average molecular weight is 264 g/mol. The molecule has 0 bridgehead atoms. The molecule has 2 unspecified atom stereocenters. The topological polar surface area (TPSA) is 64.3 Å². The second kappa shape index (κ2) is 7.02. The molecule has 0 aromatic heterocycles. The number of carbonyl (C=O) groups is 1. The van der Waals surface area contributed by atoms with Gasteiger partial charge in [0, 0.05) is 17.3 Å². The summed E-state index contributed by atoms with van der Waals surface area (Å²) in [4.78, 5) is 12.0. The summed E-state index contributed by atoms with van der Waals surface area (Å²) in [6.45, 7) is 7.73. The van der Waals surface area contributed by atoms with Crippen molar-refractivity contribution in [3.8, 4) is 5.75 Å². The van der Waals surface area contributed by atoms with Gasteiger partial charge in [0.15, 0.2) is 6.10 Å². The van der Waals surface area contributed by atoms with Crippen molar-refractivity contribution >= 4 is 11.6 Å². The summed E-state index contributed by atoms with van der Waals surface area (Å²) in [6, 6.07) is 5.63. The van der Waals surface area contributed by atoms with E-state index in [0.29, 0.717) is 11.4 Å². The van der Waals surface area contributed by atoms with Crippen molar-refractivity contribution in [1.29, 1.82) is 0 Å². The molecule has 0 aliphatic heterocycles. The Morgan fingerprint density at radius 1 is 1.42 bits per heavy atom. The van der Waals surface area contributed by atoms with Crippen molar-refractivity contribution < 1.29 is 9.53 Å². The minimum atomic E-state index is -0.528. The van der Waals surface area contributed by atoms with Gasteiger partial charge in [-0.05, 0) is 39.3 Å². The van der Waals surface area contributed by atoms with E-state index in [-0.39, 0.29) is 11.9 Å². The molecule has 0 aliphatic rings. The van der Waals surface area contributed by atoms with Crippen molar-refractivity contribution in [1.82, 2.24) is 5.32 Å². The molecule has 0 fully saturated rings. The van der Waals surface area contributed by atoms with Crippen molar-refractivity contribution in [3.63, 3.8) is 0 Å². The molecule has 1 aromatic carbocycles. The molecule has 0 heterocycles. The zero-order chi connectivity index (χ0) is 14.4. The normalized spacial score (nSPS) is 13.7. The van der Waals surface area contributed by atoms with Gasteiger partial charge < -0.3 is 15.8 Å². The van der Waals surface area contributed by atoms with Gasteiger partial charge in [0.25, 0.3) is 5.91 Å². The molecule has 3 N–H and O–H groups in total. The lowest BCUT2D eigenvalue weighted by Gasteiger charge is -2.19. The quantitative estimate of drug-likeness (QED) is 0.776. The largest absolute Gasteiger partial charge is 0.481 e. The molecule has 1 amide bonds. The highest BCUT2D eigenvalue weighted by molar-refractivity contribution is 5.81. The van der Waals surface area contributed by atoms with Crippen molar-refractivity contribution in [2.24, 2.45) is 0 Å². The molecule has 106 valence electrons. The van der Waals surface area contributed by atoms with Crippen LogP contribution in [0.15, 0.2) is 18.2 Å². The number of carbonyl (C=O) groups excluding carboxylic acids is 1. The molecule has 0 saturated heterocycles. The van der Waals surface area contributed by atoms with Crippen LogP contribution in [0.25, 0.3) is 0 Å². The molecule has 0 saturated carbocycles. The number of benzene rings is 1. The number of nitrogens with two attached hydrogens (primary N) is 1. The monoisotopic (exact) mass is 264 g/mol. The van der Waals surface area contributed by atoms with Crippen molar-refractivity contribution in [2.75, 3.05) is 5.73 Å². The molecule has 4 heteroatoms. The molecule has 1 aromatic rings. The van der Waals surface area contributed by atoms with Crippen LogP contribution in [0.2, 0.25) is 0 Å². The predicted octanol–water partition coefficient (Wildman–Crippen LogP) is 2.65. The number of anilines is 1. The van der Waals surface area contributed by atoms with E-state index in [4.69, 9.17) is 10.5 Å². The van der Waals surface area contributed by atoms with E-state index in [1.165, 1.54) is 0 Å². The van der Waals surface area contributed by atoms with Crippen LogP contribution in [0.5, 0.6) is 5.75 Å². The first-order chi connectivity index (χ1) is 8.95. The van der Waals surface area contributed by atoms with E-state index in [2.05, 4.69) is 12.2 Å². The van der Waals surface area contributed by atoms with Gasteiger partial charge in [0.1, 0.15) is 5.75 Å². The summed E-state index contributed by atoms with van der Waals surface area (Å²) in [5.41, 5.74) is 7.35. The van der Waals surface area contributed by atoms with E-state index >= 15 is 0 Å². The minimum absolute atomic E-state index is 0.0947. The van der Waals surface area contributed by atoms with Gasteiger partial charge in [-0.25, -0.2) is 0 Å². The maximum absolute atomic E-state index is 12.0. The lowest BCUT2D eigenvalue weighted by atomic mass is 10.2. The summed E-state index contributed by atoms with van der Waals surface area (Å²) in [5, 5.41) is 2.94. The van der Waals surface area contributed by atoms with Crippen LogP contribution in [-0.2, 0) is 4.79 Å². The Bertz CT molecular complexity index is 432. The zero-order valence-electron chi connectivity index (χ0n) is 12.2. The Kier molecular flexibility index (Phi) is 5.67. The number of rotatable bonds is 6. The summed E-state index contributed by atoms with van der Waals surface area (Å²) in [5.74, 6) is 0.563. The first kappa shape index (κ1) is 15.3. The molecular formula is C15H24N2O2. The van der Waals surface area contributed by atoms with Crippen LogP contribution < -0.4 is 15.8 Å². The fraction of sp³-hybridized carbons (Fsp3) is 0.533. The van der Waals surface area contributed by atoms with Gasteiger partial charge in [0.2, 0.25) is 0 Å². The van der Waals surface area contributed by atoms with Gasteiger partial charge in [0.05, 0.1) is 0 Å². The lowest BCUT2D eigenvalue weighted by molar-refractivity contribution is -0.127. The van der Waals surface area contributed by atoms with Gasteiger partial charge >= 0.3 is 0 Å². The van der Waals surface area contributed by atoms with Crippen LogP contribution in [0.3, 0.4) is 0 Å². The van der Waals surface area contributed by atoms with Crippen molar-refractivity contribution in [2.45, 2.75) is 52.7 Å². The van der Waals surface area contributed by atoms with E-state index in [9.17, 15) is 4.79 Å². The van der Waals surface area contributed by atoms with Crippen LogP contribution in [0, 0.1) is 6.92 Å². The van der Waals surface area contributed by atoms with Crippen molar-refractivity contribution in [3.05, 3.63) is 23.8 Å². The summed E-state index contributed by atoms with van der Waals surface area (Å²) < 4.78 is 5.67. The molecule has 0 aliphatic carbocycles. The van der Waals surface area contributed by atoms with Gasteiger partial charge in [-0.15, -0.1) is 0 Å². The first-order valence-electron chi connectivity index (χ1n) is 6.77. The van der Waals surface area contributed by atoms with Crippen LogP contribution in [0.4, 0.5) is 5.69 Å². The molecule has 1 rings (SSSR count). The number of nitrogen functional groups attached to an aromatic ring is 1. The standard InChI is InChI=1S/C15H24N2O2/c1-5-7-10(2)17-15(18)12(4)19-14-9-6-8-13(16)11(14)3/h6,8-10,12H,5,7,16H2,1-4H3,(H,17,18). The molecule has 4 nitrogen and oxygen atoms in total. The Hall–Kier alpha value is -1.71. The number of nitrogens with one attached hydrogen (secondary N) is 1. The van der Waals surface area contributed by atoms with E-state index in [1.807, 2.05) is 32.0 Å². The van der Waals surface area contributed by atoms with E-state index in [1.54, 1.807) is 6.92 Å². The lowest BCUT2D eigenvalue weighted by Crippen LogP contribution is -2.41. The highest BCUT2D eigenvalue weighted by atomic mass is 16.5. The summed E-state index contributed by atoms with van der Waals surface area (Å²) in [7, 11) is 0. The fourth-order valence-corrected chi connectivity index (χ4v) is 1.87. The highest BCUT2D eigenvalue weighted by Gasteiger charge is 2.17. The first-order valence-corrected chi connectivity index (χ1v) is 6.77. The second-order valence-corrected chi connectivity index (χ2v) is 4.93. The van der Waals surface area contributed by atoms with E-state index < -0.39 is 6.10 Å². The molecule has 2 atom stereocenters. The minimum Gasteiger partial charge on any atom is -0.481 e. The molecule has 0 spiro atoms. The Balaban J connectivity index is 2.61.